The molecule has 138 valence electrons. The van der Waals surface area contributed by atoms with E-state index in [2.05, 4.69) is 26.8 Å². The molecule has 0 radical (unpaired) electrons. The number of ether oxygens (including phenoxy) is 1. The van der Waals surface area contributed by atoms with E-state index in [-0.39, 0.29) is 5.41 Å². The topological polar surface area (TPSA) is 42.6 Å². The van der Waals surface area contributed by atoms with Crippen LogP contribution in [-0.2, 0) is 0 Å². The molecule has 0 aliphatic heterocycles. The number of furan rings is 1. The van der Waals surface area contributed by atoms with Crippen LogP contribution in [0, 0.1) is 11.3 Å². The highest BCUT2D eigenvalue weighted by molar-refractivity contribution is 5.79. The van der Waals surface area contributed by atoms with E-state index in [1.165, 1.54) is 6.42 Å². The van der Waals surface area contributed by atoms with Gasteiger partial charge in [-0.1, -0.05) is 27.2 Å². The van der Waals surface area contributed by atoms with Crippen molar-refractivity contribution in [3.63, 3.8) is 0 Å². The summed E-state index contributed by atoms with van der Waals surface area (Å²) in [6.07, 6.45) is 5.30. The fourth-order valence-corrected chi connectivity index (χ4v) is 4.76. The molecule has 3 nitrogen and oxygen atoms in total. The van der Waals surface area contributed by atoms with Gasteiger partial charge >= 0.3 is 0 Å². The van der Waals surface area contributed by atoms with Crippen molar-refractivity contribution >= 4 is 11.0 Å². The van der Waals surface area contributed by atoms with Crippen molar-refractivity contribution in [2.75, 3.05) is 7.11 Å². The molecule has 25 heavy (non-hydrogen) atoms. The van der Waals surface area contributed by atoms with Gasteiger partial charge in [-0.2, -0.15) is 0 Å². The van der Waals surface area contributed by atoms with E-state index in [4.69, 9.17) is 9.15 Å². The fraction of sp³-hybridized carbons (Fsp3) is 0.636. The van der Waals surface area contributed by atoms with Crippen LogP contribution in [0.2, 0.25) is 0 Å². The number of benzene rings is 1. The fourth-order valence-electron chi connectivity index (χ4n) is 4.76. The average Bonchev–Trinajstić information content (AvgIpc) is 2.96. The SMILES string of the molecule is COc1ccc2oc([C@H](C)CC[C@H]3C(C)(C)CCC[C@]3(C)O)cc2c1. The third kappa shape index (κ3) is 3.72. The second-order valence-electron chi connectivity index (χ2n) is 8.78. The monoisotopic (exact) mass is 344 g/mol. The molecular formula is C22H32O3. The van der Waals surface area contributed by atoms with E-state index in [1.807, 2.05) is 25.1 Å². The number of rotatable bonds is 5. The first-order valence-corrected chi connectivity index (χ1v) is 9.53. The average molecular weight is 344 g/mol. The molecule has 1 saturated carbocycles. The Morgan fingerprint density at radius 1 is 1.24 bits per heavy atom. The van der Waals surface area contributed by atoms with Gasteiger partial charge in [-0.15, -0.1) is 0 Å². The molecule has 2 aromatic rings. The molecular weight excluding hydrogens is 312 g/mol. The molecule has 3 heteroatoms. The Hall–Kier alpha value is -1.48. The molecule has 1 heterocycles. The van der Waals surface area contributed by atoms with E-state index in [0.29, 0.717) is 11.8 Å². The second kappa shape index (κ2) is 6.68. The Bertz CT molecular complexity index is 710. The van der Waals surface area contributed by atoms with Crippen LogP contribution in [0.4, 0.5) is 0 Å². The molecule has 1 N–H and O–H groups in total. The van der Waals surface area contributed by atoms with Gasteiger partial charge in [0.05, 0.1) is 12.7 Å². The van der Waals surface area contributed by atoms with Crippen LogP contribution in [-0.4, -0.2) is 17.8 Å². The Morgan fingerprint density at radius 3 is 2.68 bits per heavy atom. The van der Waals surface area contributed by atoms with Crippen LogP contribution >= 0.6 is 0 Å². The molecule has 0 spiro atoms. The van der Waals surface area contributed by atoms with Gasteiger partial charge in [0.15, 0.2) is 0 Å². The second-order valence-corrected chi connectivity index (χ2v) is 8.78. The van der Waals surface area contributed by atoms with Crippen molar-refractivity contribution < 1.29 is 14.3 Å². The third-order valence-electron chi connectivity index (χ3n) is 6.31. The van der Waals surface area contributed by atoms with E-state index in [0.717, 1.165) is 48.2 Å². The summed E-state index contributed by atoms with van der Waals surface area (Å²) in [5, 5.41) is 12.0. The standard InChI is InChI=1S/C22H32O3/c1-15(7-10-20-21(2,3)11-6-12-22(20,4)23)19-14-16-13-17(24-5)8-9-18(16)25-19/h8-9,13-15,20,23H,6-7,10-12H2,1-5H3/t15-,20+,22+/m1/s1. The number of hydrogen-bond acceptors (Lipinski definition) is 3. The molecule has 3 atom stereocenters. The summed E-state index contributed by atoms with van der Waals surface area (Å²) in [6, 6.07) is 8.05. The molecule has 1 aromatic carbocycles. The van der Waals surface area contributed by atoms with Gasteiger partial charge in [-0.05, 0) is 68.2 Å². The minimum absolute atomic E-state index is 0.197. The van der Waals surface area contributed by atoms with Gasteiger partial charge in [0, 0.05) is 11.3 Å². The predicted molar refractivity (Wildman–Crippen MR) is 102 cm³/mol. The molecule has 0 bridgehead atoms. The highest BCUT2D eigenvalue weighted by atomic mass is 16.5. The highest BCUT2D eigenvalue weighted by Gasteiger charge is 2.45. The molecule has 1 aromatic heterocycles. The van der Waals surface area contributed by atoms with Crippen molar-refractivity contribution in [1.82, 2.24) is 0 Å². The Morgan fingerprint density at radius 2 is 2.00 bits per heavy atom. The molecule has 1 aliphatic rings. The maximum absolute atomic E-state index is 10.9. The number of methoxy groups -OCH3 is 1. The lowest BCUT2D eigenvalue weighted by Crippen LogP contribution is -2.47. The summed E-state index contributed by atoms with van der Waals surface area (Å²) in [6.45, 7) is 8.86. The van der Waals surface area contributed by atoms with E-state index in [9.17, 15) is 5.11 Å². The highest BCUT2D eigenvalue weighted by Crippen LogP contribution is 2.49. The maximum Gasteiger partial charge on any atom is 0.134 e. The smallest absolute Gasteiger partial charge is 0.134 e. The lowest BCUT2D eigenvalue weighted by atomic mass is 9.60. The van der Waals surface area contributed by atoms with Crippen molar-refractivity contribution in [3.8, 4) is 5.75 Å². The zero-order valence-electron chi connectivity index (χ0n) is 16.3. The van der Waals surface area contributed by atoms with Crippen molar-refractivity contribution in [2.24, 2.45) is 11.3 Å². The molecule has 1 fully saturated rings. The molecule has 0 amide bonds. The summed E-state index contributed by atoms with van der Waals surface area (Å²) >= 11 is 0. The zero-order chi connectivity index (χ0) is 18.2. The van der Waals surface area contributed by atoms with Crippen molar-refractivity contribution in [3.05, 3.63) is 30.0 Å². The largest absolute Gasteiger partial charge is 0.497 e. The van der Waals surface area contributed by atoms with Crippen LogP contribution in [0.15, 0.2) is 28.7 Å². The van der Waals surface area contributed by atoms with Gasteiger partial charge in [0.25, 0.3) is 0 Å². The van der Waals surface area contributed by atoms with Gasteiger partial charge in [0.2, 0.25) is 0 Å². The van der Waals surface area contributed by atoms with Gasteiger partial charge in [0.1, 0.15) is 17.1 Å². The Labute approximate surface area is 151 Å². The molecule has 3 rings (SSSR count). The molecule has 1 aliphatic carbocycles. The minimum Gasteiger partial charge on any atom is -0.497 e. The van der Waals surface area contributed by atoms with Gasteiger partial charge in [-0.25, -0.2) is 0 Å². The first-order chi connectivity index (χ1) is 11.7. The zero-order valence-corrected chi connectivity index (χ0v) is 16.3. The molecule has 0 unspecified atom stereocenters. The third-order valence-corrected chi connectivity index (χ3v) is 6.31. The summed E-state index contributed by atoms with van der Waals surface area (Å²) in [5.41, 5.74) is 0.554. The van der Waals surface area contributed by atoms with E-state index < -0.39 is 5.60 Å². The summed E-state index contributed by atoms with van der Waals surface area (Å²) in [4.78, 5) is 0. The number of fused-ring (bicyclic) bond motifs is 1. The van der Waals surface area contributed by atoms with Crippen LogP contribution < -0.4 is 4.74 Å². The Balaban J connectivity index is 1.72. The van der Waals surface area contributed by atoms with E-state index in [1.54, 1.807) is 7.11 Å². The summed E-state index contributed by atoms with van der Waals surface area (Å²) in [5.74, 6) is 2.55. The minimum atomic E-state index is -0.553. The summed E-state index contributed by atoms with van der Waals surface area (Å²) < 4.78 is 11.4. The lowest BCUT2D eigenvalue weighted by molar-refractivity contribution is -0.0932. The molecule has 0 saturated heterocycles. The number of hydrogen-bond donors (Lipinski definition) is 1. The van der Waals surface area contributed by atoms with Crippen LogP contribution in [0.25, 0.3) is 11.0 Å². The normalized spacial score (nSPS) is 27.4. The maximum atomic E-state index is 10.9. The van der Waals surface area contributed by atoms with Crippen LogP contribution in [0.5, 0.6) is 5.75 Å². The van der Waals surface area contributed by atoms with Crippen LogP contribution in [0.3, 0.4) is 0 Å². The van der Waals surface area contributed by atoms with Crippen LogP contribution in [0.1, 0.15) is 71.5 Å². The number of aliphatic hydroxyl groups is 1. The Kier molecular flexibility index (Phi) is 4.89. The van der Waals surface area contributed by atoms with Crippen molar-refractivity contribution in [1.29, 1.82) is 0 Å². The van der Waals surface area contributed by atoms with Gasteiger partial charge < -0.3 is 14.3 Å². The predicted octanol–water partition coefficient (Wildman–Crippen LogP) is 5.90. The lowest BCUT2D eigenvalue weighted by Gasteiger charge is -2.48. The summed E-state index contributed by atoms with van der Waals surface area (Å²) in [7, 11) is 1.68. The van der Waals surface area contributed by atoms with E-state index >= 15 is 0 Å². The first kappa shape index (κ1) is 18.3. The van der Waals surface area contributed by atoms with Crippen molar-refractivity contribution in [2.45, 2.75) is 71.3 Å². The quantitative estimate of drug-likeness (QED) is 0.734. The first-order valence-electron chi connectivity index (χ1n) is 9.53. The van der Waals surface area contributed by atoms with Gasteiger partial charge in [-0.3, -0.25) is 0 Å².